The SMILES string of the molecule is CC1CCC(NS(=O)(=O)CC(=O)N2CCN(C(=O)c3ccccc3)CC2)CC1. The molecule has 2 amide bonds. The second-order valence-corrected chi connectivity index (χ2v) is 9.63. The van der Waals surface area contributed by atoms with Crippen molar-refractivity contribution in [1.82, 2.24) is 14.5 Å². The third-order valence-corrected chi connectivity index (χ3v) is 6.94. The zero-order valence-corrected chi connectivity index (χ0v) is 17.2. The first-order valence-corrected chi connectivity index (χ1v) is 11.6. The molecule has 1 saturated carbocycles. The fourth-order valence-electron chi connectivity index (χ4n) is 3.85. The second-order valence-electron chi connectivity index (χ2n) is 7.87. The Balaban J connectivity index is 1.47. The van der Waals surface area contributed by atoms with Gasteiger partial charge in [-0.25, -0.2) is 13.1 Å². The first kappa shape index (κ1) is 20.8. The molecule has 0 unspecified atom stereocenters. The van der Waals surface area contributed by atoms with E-state index in [0.29, 0.717) is 37.7 Å². The smallest absolute Gasteiger partial charge is 0.253 e. The van der Waals surface area contributed by atoms with Crippen molar-refractivity contribution in [1.29, 1.82) is 0 Å². The number of hydrogen-bond donors (Lipinski definition) is 1. The van der Waals surface area contributed by atoms with Crippen LogP contribution in [0.15, 0.2) is 30.3 Å². The van der Waals surface area contributed by atoms with Crippen molar-refractivity contribution >= 4 is 21.8 Å². The van der Waals surface area contributed by atoms with Crippen molar-refractivity contribution in [3.63, 3.8) is 0 Å². The zero-order valence-electron chi connectivity index (χ0n) is 16.3. The van der Waals surface area contributed by atoms with Crippen LogP contribution in [0.2, 0.25) is 0 Å². The van der Waals surface area contributed by atoms with Crippen LogP contribution < -0.4 is 4.72 Å². The van der Waals surface area contributed by atoms with E-state index in [1.165, 1.54) is 4.90 Å². The Bertz CT molecular complexity index is 781. The van der Waals surface area contributed by atoms with Crippen molar-refractivity contribution in [3.05, 3.63) is 35.9 Å². The van der Waals surface area contributed by atoms with Gasteiger partial charge in [-0.05, 0) is 43.7 Å². The molecule has 0 radical (unpaired) electrons. The highest BCUT2D eigenvalue weighted by molar-refractivity contribution is 7.90. The van der Waals surface area contributed by atoms with Crippen molar-refractivity contribution < 1.29 is 18.0 Å². The molecule has 1 N–H and O–H groups in total. The molecule has 1 heterocycles. The van der Waals surface area contributed by atoms with Crippen LogP contribution in [-0.2, 0) is 14.8 Å². The summed E-state index contributed by atoms with van der Waals surface area (Å²) in [7, 11) is -3.64. The quantitative estimate of drug-likeness (QED) is 0.801. The van der Waals surface area contributed by atoms with Gasteiger partial charge in [-0.15, -0.1) is 0 Å². The van der Waals surface area contributed by atoms with E-state index in [0.717, 1.165) is 25.7 Å². The normalized spacial score (nSPS) is 23.5. The molecule has 2 fully saturated rings. The summed E-state index contributed by atoms with van der Waals surface area (Å²) in [5, 5.41) is 0. The molecular formula is C20H29N3O4S. The van der Waals surface area contributed by atoms with Gasteiger partial charge in [0.25, 0.3) is 5.91 Å². The highest BCUT2D eigenvalue weighted by atomic mass is 32.2. The van der Waals surface area contributed by atoms with Gasteiger partial charge < -0.3 is 9.80 Å². The molecule has 7 nitrogen and oxygen atoms in total. The first-order valence-electron chi connectivity index (χ1n) is 9.96. The van der Waals surface area contributed by atoms with Gasteiger partial charge in [0, 0.05) is 37.8 Å². The van der Waals surface area contributed by atoms with Gasteiger partial charge in [-0.2, -0.15) is 0 Å². The van der Waals surface area contributed by atoms with Crippen molar-refractivity contribution in [2.75, 3.05) is 31.9 Å². The Kier molecular flexibility index (Phi) is 6.72. The summed E-state index contributed by atoms with van der Waals surface area (Å²) in [5.41, 5.74) is 0.621. The monoisotopic (exact) mass is 407 g/mol. The maximum Gasteiger partial charge on any atom is 0.253 e. The fourth-order valence-corrected chi connectivity index (χ4v) is 5.18. The predicted octanol–water partition coefficient (Wildman–Crippen LogP) is 1.47. The van der Waals surface area contributed by atoms with Crippen LogP contribution in [0.1, 0.15) is 43.0 Å². The van der Waals surface area contributed by atoms with E-state index in [1.807, 2.05) is 18.2 Å². The lowest BCUT2D eigenvalue weighted by molar-refractivity contribution is -0.129. The highest BCUT2D eigenvalue weighted by Crippen LogP contribution is 2.23. The molecule has 2 aliphatic rings. The summed E-state index contributed by atoms with van der Waals surface area (Å²) in [6, 6.07) is 8.97. The van der Waals surface area contributed by atoms with Crippen LogP contribution in [-0.4, -0.2) is 68.0 Å². The molecule has 0 spiro atoms. The molecule has 0 atom stereocenters. The third kappa shape index (κ3) is 5.54. The molecule has 1 saturated heterocycles. The molecule has 3 rings (SSSR count). The summed E-state index contributed by atoms with van der Waals surface area (Å²) >= 11 is 0. The van der Waals surface area contributed by atoms with Gasteiger partial charge >= 0.3 is 0 Å². The topological polar surface area (TPSA) is 86.8 Å². The minimum absolute atomic E-state index is 0.0608. The number of hydrogen-bond acceptors (Lipinski definition) is 4. The number of carbonyl (C=O) groups excluding carboxylic acids is 2. The van der Waals surface area contributed by atoms with Crippen molar-refractivity contribution in [3.8, 4) is 0 Å². The van der Waals surface area contributed by atoms with Crippen LogP contribution >= 0.6 is 0 Å². The fraction of sp³-hybridized carbons (Fsp3) is 0.600. The molecular weight excluding hydrogens is 378 g/mol. The molecule has 0 aromatic heterocycles. The second kappa shape index (κ2) is 9.05. The summed E-state index contributed by atoms with van der Waals surface area (Å²) in [5.74, 6) is -0.347. The molecule has 28 heavy (non-hydrogen) atoms. The van der Waals surface area contributed by atoms with Gasteiger partial charge in [0.05, 0.1) is 0 Å². The van der Waals surface area contributed by atoms with Crippen LogP contribution in [0.25, 0.3) is 0 Å². The van der Waals surface area contributed by atoms with E-state index in [2.05, 4.69) is 11.6 Å². The molecule has 154 valence electrons. The molecule has 1 aliphatic heterocycles. The highest BCUT2D eigenvalue weighted by Gasteiger charge is 2.29. The number of rotatable bonds is 5. The van der Waals surface area contributed by atoms with E-state index < -0.39 is 21.7 Å². The number of carbonyl (C=O) groups is 2. The van der Waals surface area contributed by atoms with Gasteiger partial charge in [0.15, 0.2) is 0 Å². The molecule has 8 heteroatoms. The van der Waals surface area contributed by atoms with Gasteiger partial charge in [-0.1, -0.05) is 25.1 Å². The first-order chi connectivity index (χ1) is 13.3. The summed E-state index contributed by atoms with van der Waals surface area (Å²) in [4.78, 5) is 28.2. The predicted molar refractivity (Wildman–Crippen MR) is 107 cm³/mol. The number of piperazine rings is 1. The Morgan fingerprint density at radius 3 is 2.14 bits per heavy atom. The number of amides is 2. The lowest BCUT2D eigenvalue weighted by atomic mass is 9.88. The lowest BCUT2D eigenvalue weighted by Crippen LogP contribution is -2.52. The van der Waals surface area contributed by atoms with E-state index in [9.17, 15) is 18.0 Å². The van der Waals surface area contributed by atoms with E-state index >= 15 is 0 Å². The number of benzene rings is 1. The molecule has 1 aromatic carbocycles. The average molecular weight is 408 g/mol. The van der Waals surface area contributed by atoms with Crippen LogP contribution in [0.3, 0.4) is 0 Å². The minimum atomic E-state index is -3.64. The van der Waals surface area contributed by atoms with Gasteiger partial charge in [0.1, 0.15) is 5.75 Å². The van der Waals surface area contributed by atoms with Crippen molar-refractivity contribution in [2.24, 2.45) is 5.92 Å². The van der Waals surface area contributed by atoms with Gasteiger partial charge in [0.2, 0.25) is 15.9 Å². The average Bonchev–Trinajstić information content (AvgIpc) is 2.69. The Morgan fingerprint density at radius 1 is 0.964 bits per heavy atom. The minimum Gasteiger partial charge on any atom is -0.338 e. The maximum atomic E-state index is 12.5. The van der Waals surface area contributed by atoms with Crippen LogP contribution in [0.5, 0.6) is 0 Å². The number of nitrogens with zero attached hydrogens (tertiary/aromatic N) is 2. The summed E-state index contributed by atoms with van der Waals surface area (Å²) < 4.78 is 27.4. The zero-order chi connectivity index (χ0) is 20.1. The van der Waals surface area contributed by atoms with E-state index in [4.69, 9.17) is 0 Å². The number of sulfonamides is 1. The lowest BCUT2D eigenvalue weighted by Gasteiger charge is -2.35. The van der Waals surface area contributed by atoms with Crippen molar-refractivity contribution in [2.45, 2.75) is 38.6 Å². The van der Waals surface area contributed by atoms with Crippen LogP contribution in [0.4, 0.5) is 0 Å². The summed E-state index contributed by atoms with van der Waals surface area (Å²) in [6.07, 6.45) is 3.68. The molecule has 0 bridgehead atoms. The third-order valence-electron chi connectivity index (χ3n) is 5.62. The molecule has 1 aliphatic carbocycles. The molecule has 1 aromatic rings. The van der Waals surface area contributed by atoms with Gasteiger partial charge in [-0.3, -0.25) is 9.59 Å². The maximum absolute atomic E-state index is 12.5. The Morgan fingerprint density at radius 2 is 1.54 bits per heavy atom. The van der Waals surface area contributed by atoms with Crippen LogP contribution in [0, 0.1) is 5.92 Å². The summed E-state index contributed by atoms with van der Waals surface area (Å²) in [6.45, 7) is 3.71. The Hall–Kier alpha value is -1.93. The van der Waals surface area contributed by atoms with E-state index in [-0.39, 0.29) is 11.9 Å². The van der Waals surface area contributed by atoms with E-state index in [1.54, 1.807) is 17.0 Å². The Labute approximate surface area is 167 Å². The largest absolute Gasteiger partial charge is 0.338 e. The standard InChI is InChI=1S/C20H29N3O4S/c1-16-7-9-18(10-8-16)21-28(26,27)15-19(24)22-11-13-23(14-12-22)20(25)17-5-3-2-4-6-17/h2-6,16,18,21H,7-15H2,1H3. The number of nitrogens with one attached hydrogen (secondary N) is 1.